The van der Waals surface area contributed by atoms with E-state index >= 15 is 0 Å². The van der Waals surface area contributed by atoms with E-state index in [-0.39, 0.29) is 11.4 Å². The molecule has 0 saturated carbocycles. The molecule has 0 aromatic heterocycles. The molecule has 194 valence electrons. The molecule has 1 atom stereocenters. The molecule has 0 bridgehead atoms. The van der Waals surface area contributed by atoms with Gasteiger partial charge in [0.25, 0.3) is 0 Å². The highest BCUT2D eigenvalue weighted by atomic mass is 32.2. The van der Waals surface area contributed by atoms with E-state index < -0.39 is 22.0 Å². The van der Waals surface area contributed by atoms with Crippen molar-refractivity contribution in [3.63, 3.8) is 0 Å². The number of carboxylic acids is 1. The number of nitrogens with zero attached hydrogens (tertiary/aromatic N) is 2. The van der Waals surface area contributed by atoms with E-state index in [0.29, 0.717) is 12.6 Å². The Morgan fingerprint density at radius 3 is 2.47 bits per heavy atom. The molecule has 1 saturated heterocycles. The van der Waals surface area contributed by atoms with Crippen LogP contribution in [0, 0.1) is 0 Å². The van der Waals surface area contributed by atoms with Crippen LogP contribution in [-0.4, -0.2) is 70.3 Å². The smallest absolute Gasteiger partial charge is 0.323 e. The monoisotopic (exact) mass is 514 g/mol. The minimum Gasteiger partial charge on any atom is -0.480 e. The summed E-state index contributed by atoms with van der Waals surface area (Å²) in [5, 5.41) is 19.4. The third-order valence-electron chi connectivity index (χ3n) is 6.36. The maximum Gasteiger partial charge on any atom is 0.323 e. The summed E-state index contributed by atoms with van der Waals surface area (Å²) in [6.07, 6.45) is 3.17. The number of anilines is 1. The Hall–Kier alpha value is -3.15. The summed E-state index contributed by atoms with van der Waals surface area (Å²) in [7, 11) is -3.92. The second kappa shape index (κ2) is 12.2. The maximum atomic E-state index is 12.5. The maximum absolute atomic E-state index is 12.5. The van der Waals surface area contributed by atoms with Crippen molar-refractivity contribution in [3.05, 3.63) is 60.2 Å². The molecule has 0 aliphatic carbocycles. The summed E-state index contributed by atoms with van der Waals surface area (Å²) in [5.41, 5.74) is 2.15. The number of guanidine groups is 1. The van der Waals surface area contributed by atoms with E-state index in [0.717, 1.165) is 62.7 Å². The predicted octanol–water partition coefficient (Wildman–Crippen LogP) is 1.12. The van der Waals surface area contributed by atoms with Crippen LogP contribution in [0.15, 0.2) is 64.5 Å². The molecule has 2 aliphatic heterocycles. The van der Waals surface area contributed by atoms with Crippen molar-refractivity contribution < 1.29 is 18.3 Å². The highest BCUT2D eigenvalue weighted by Crippen LogP contribution is 2.21. The standard InChI is InChI=1S/C25H34N6O4S/c32-24(33)23(30-36(34,35)22-5-2-1-3-6-22)18-26-17-19-7-9-21(10-8-19)31-15-11-20(12-16-31)29-25-27-13-4-14-28-25/h1-3,5-10,20,23,26,30H,4,11-18H2,(H,32,33)(H2,27,28,29)/t23-/m0/s1. The zero-order valence-electron chi connectivity index (χ0n) is 20.2. The van der Waals surface area contributed by atoms with Crippen molar-refractivity contribution in [2.45, 2.75) is 42.8 Å². The minimum absolute atomic E-state index is 0.0334. The Morgan fingerprint density at radius 1 is 1.11 bits per heavy atom. The van der Waals surface area contributed by atoms with E-state index in [1.165, 1.54) is 12.1 Å². The van der Waals surface area contributed by atoms with Gasteiger partial charge in [0, 0.05) is 51.0 Å². The number of aliphatic carboxylic acids is 1. The quantitative estimate of drug-likeness (QED) is 0.318. The molecule has 1 fully saturated rings. The SMILES string of the molecule is O=C(O)[C@H](CNCc1ccc(N2CCC(NC3=NCCCN3)CC2)cc1)NS(=O)(=O)c1ccccc1. The lowest BCUT2D eigenvalue weighted by atomic mass is 10.0. The normalized spacial score (nSPS) is 17.7. The molecule has 2 aromatic carbocycles. The van der Waals surface area contributed by atoms with Crippen LogP contribution < -0.4 is 25.6 Å². The molecule has 2 heterocycles. The van der Waals surface area contributed by atoms with E-state index in [9.17, 15) is 18.3 Å². The Kier molecular flexibility index (Phi) is 8.79. The fourth-order valence-electron chi connectivity index (χ4n) is 4.32. The summed E-state index contributed by atoms with van der Waals surface area (Å²) in [6, 6.07) is 15.1. The lowest BCUT2D eigenvalue weighted by molar-refractivity contribution is -0.138. The Labute approximate surface area is 212 Å². The molecule has 2 aromatic rings. The fraction of sp³-hybridized carbons (Fsp3) is 0.440. The predicted molar refractivity (Wildman–Crippen MR) is 140 cm³/mol. The van der Waals surface area contributed by atoms with Gasteiger partial charge in [-0.3, -0.25) is 9.79 Å². The lowest BCUT2D eigenvalue weighted by Gasteiger charge is -2.35. The third kappa shape index (κ3) is 7.19. The van der Waals surface area contributed by atoms with Gasteiger partial charge < -0.3 is 26.0 Å². The molecule has 0 amide bonds. The van der Waals surface area contributed by atoms with Gasteiger partial charge in [-0.2, -0.15) is 4.72 Å². The molecule has 5 N–H and O–H groups in total. The Morgan fingerprint density at radius 2 is 1.83 bits per heavy atom. The van der Waals surface area contributed by atoms with Crippen LogP contribution in [0.25, 0.3) is 0 Å². The minimum atomic E-state index is -3.92. The van der Waals surface area contributed by atoms with Crippen LogP contribution in [0.4, 0.5) is 5.69 Å². The number of piperidine rings is 1. The van der Waals surface area contributed by atoms with Gasteiger partial charge in [-0.05, 0) is 49.1 Å². The first-order valence-corrected chi connectivity index (χ1v) is 13.8. The third-order valence-corrected chi connectivity index (χ3v) is 7.85. The molecular weight excluding hydrogens is 480 g/mol. The van der Waals surface area contributed by atoms with Gasteiger partial charge in [0.15, 0.2) is 5.96 Å². The summed E-state index contributed by atoms with van der Waals surface area (Å²) in [5.74, 6) is -0.309. The zero-order valence-corrected chi connectivity index (χ0v) is 21.0. The van der Waals surface area contributed by atoms with Gasteiger partial charge in [0.1, 0.15) is 6.04 Å². The summed E-state index contributed by atoms with van der Waals surface area (Å²) in [4.78, 5) is 18.5. The second-order valence-electron chi connectivity index (χ2n) is 9.04. The van der Waals surface area contributed by atoms with Gasteiger partial charge >= 0.3 is 5.97 Å². The average molecular weight is 515 g/mol. The van der Waals surface area contributed by atoms with Crippen LogP contribution in [0.2, 0.25) is 0 Å². The largest absolute Gasteiger partial charge is 0.480 e. The van der Waals surface area contributed by atoms with Crippen molar-refractivity contribution in [3.8, 4) is 0 Å². The van der Waals surface area contributed by atoms with Gasteiger partial charge in [0.05, 0.1) is 4.90 Å². The fourth-order valence-corrected chi connectivity index (χ4v) is 5.53. The lowest BCUT2D eigenvalue weighted by Crippen LogP contribution is -2.50. The van der Waals surface area contributed by atoms with Crippen LogP contribution in [0.1, 0.15) is 24.8 Å². The van der Waals surface area contributed by atoms with Crippen molar-refractivity contribution in [1.29, 1.82) is 0 Å². The number of rotatable bonds is 10. The first-order valence-electron chi connectivity index (χ1n) is 12.3. The van der Waals surface area contributed by atoms with E-state index in [1.807, 2.05) is 12.1 Å². The molecule has 0 spiro atoms. The summed E-state index contributed by atoms with van der Waals surface area (Å²) in [6.45, 7) is 4.18. The molecule has 11 heteroatoms. The zero-order chi connectivity index (χ0) is 25.4. The van der Waals surface area contributed by atoms with Crippen LogP contribution in [0.3, 0.4) is 0 Å². The van der Waals surface area contributed by atoms with E-state index in [2.05, 4.69) is 42.7 Å². The Balaban J connectivity index is 1.23. The number of carboxylic acid groups (broad SMARTS) is 1. The van der Waals surface area contributed by atoms with Crippen molar-refractivity contribution in [2.24, 2.45) is 4.99 Å². The van der Waals surface area contributed by atoms with Gasteiger partial charge in [-0.25, -0.2) is 8.42 Å². The number of nitrogens with one attached hydrogen (secondary N) is 4. The van der Waals surface area contributed by atoms with Gasteiger partial charge in [-0.15, -0.1) is 0 Å². The van der Waals surface area contributed by atoms with E-state index in [4.69, 9.17) is 0 Å². The number of hydrogen-bond donors (Lipinski definition) is 5. The van der Waals surface area contributed by atoms with Gasteiger partial charge in [0.2, 0.25) is 10.0 Å². The number of aliphatic imine (C=N–C) groups is 1. The van der Waals surface area contributed by atoms with Gasteiger partial charge in [-0.1, -0.05) is 30.3 Å². The summed E-state index contributed by atoms with van der Waals surface area (Å²) < 4.78 is 27.2. The number of hydrogen-bond acceptors (Lipinski definition) is 8. The number of benzene rings is 2. The van der Waals surface area contributed by atoms with Crippen LogP contribution in [0.5, 0.6) is 0 Å². The second-order valence-corrected chi connectivity index (χ2v) is 10.8. The first-order chi connectivity index (χ1) is 17.4. The molecular formula is C25H34N6O4S. The first kappa shape index (κ1) is 25.9. The average Bonchev–Trinajstić information content (AvgIpc) is 2.90. The van der Waals surface area contributed by atoms with E-state index in [1.54, 1.807) is 18.2 Å². The summed E-state index contributed by atoms with van der Waals surface area (Å²) >= 11 is 0. The topological polar surface area (TPSA) is 135 Å². The molecule has 0 unspecified atom stereocenters. The van der Waals surface area contributed by atoms with Crippen LogP contribution >= 0.6 is 0 Å². The molecule has 2 aliphatic rings. The van der Waals surface area contributed by atoms with Crippen molar-refractivity contribution in [2.75, 3.05) is 37.6 Å². The van der Waals surface area contributed by atoms with Crippen molar-refractivity contribution >= 4 is 27.6 Å². The number of sulfonamides is 1. The van der Waals surface area contributed by atoms with Crippen LogP contribution in [-0.2, 0) is 21.4 Å². The molecule has 10 nitrogen and oxygen atoms in total. The highest BCUT2D eigenvalue weighted by molar-refractivity contribution is 7.89. The molecule has 0 radical (unpaired) electrons. The highest BCUT2D eigenvalue weighted by Gasteiger charge is 2.25. The van der Waals surface area contributed by atoms with Crippen molar-refractivity contribution in [1.82, 2.24) is 20.7 Å². The Bertz CT molecular complexity index is 1130. The molecule has 4 rings (SSSR count). The molecule has 36 heavy (non-hydrogen) atoms. The number of carbonyl (C=O) groups is 1.